The quantitative estimate of drug-likeness (QED) is 0.522. The van der Waals surface area contributed by atoms with Gasteiger partial charge in [0.15, 0.2) is 0 Å². The first-order valence-electron chi connectivity index (χ1n) is 9.90. The SMILES string of the molecule is O=C(Nc1ccc(Cl)cc1)N1CC(O)CN1C(=O)Nc1ccc(-n2ccccc2=O)c(Cl)c1. The van der Waals surface area contributed by atoms with E-state index in [1.54, 1.807) is 54.7 Å². The Balaban J connectivity index is 1.48. The number of benzene rings is 2. The van der Waals surface area contributed by atoms with E-state index >= 15 is 0 Å². The van der Waals surface area contributed by atoms with Crippen LogP contribution < -0.4 is 16.2 Å². The van der Waals surface area contributed by atoms with Crippen LogP contribution in [0.4, 0.5) is 21.0 Å². The number of nitrogens with one attached hydrogen (secondary N) is 2. The fourth-order valence-electron chi connectivity index (χ4n) is 3.35. The normalized spacial score (nSPS) is 15.4. The smallest absolute Gasteiger partial charge is 0.340 e. The van der Waals surface area contributed by atoms with Gasteiger partial charge in [0.25, 0.3) is 5.56 Å². The minimum Gasteiger partial charge on any atom is -0.389 e. The van der Waals surface area contributed by atoms with Gasteiger partial charge in [0.1, 0.15) is 0 Å². The third-order valence-corrected chi connectivity index (χ3v) is 5.46. The second kappa shape index (κ2) is 9.53. The molecule has 0 saturated carbocycles. The van der Waals surface area contributed by atoms with E-state index in [9.17, 15) is 19.5 Å². The molecule has 0 aliphatic carbocycles. The summed E-state index contributed by atoms with van der Waals surface area (Å²) < 4.78 is 1.38. The van der Waals surface area contributed by atoms with Crippen molar-refractivity contribution >= 4 is 46.6 Å². The second-order valence-corrected chi connectivity index (χ2v) is 8.10. The molecule has 4 rings (SSSR count). The number of hydrogen-bond acceptors (Lipinski definition) is 4. The van der Waals surface area contributed by atoms with Gasteiger partial charge in [-0.2, -0.15) is 0 Å². The van der Waals surface area contributed by atoms with Crippen molar-refractivity contribution in [3.8, 4) is 5.69 Å². The first kappa shape index (κ1) is 22.7. The zero-order valence-electron chi connectivity index (χ0n) is 17.1. The van der Waals surface area contributed by atoms with Crippen LogP contribution in [0.2, 0.25) is 10.0 Å². The van der Waals surface area contributed by atoms with E-state index in [2.05, 4.69) is 10.6 Å². The van der Waals surface area contributed by atoms with Crippen LogP contribution in [-0.4, -0.2) is 50.9 Å². The molecule has 1 aliphatic heterocycles. The van der Waals surface area contributed by atoms with Crippen molar-refractivity contribution < 1.29 is 14.7 Å². The van der Waals surface area contributed by atoms with Gasteiger partial charge in [0.05, 0.1) is 29.9 Å². The average molecular weight is 488 g/mol. The largest absolute Gasteiger partial charge is 0.389 e. The van der Waals surface area contributed by atoms with Crippen LogP contribution in [0.3, 0.4) is 0 Å². The highest BCUT2D eigenvalue weighted by Crippen LogP contribution is 2.24. The Morgan fingerprint density at radius 2 is 1.48 bits per heavy atom. The van der Waals surface area contributed by atoms with Crippen LogP contribution in [0.15, 0.2) is 71.7 Å². The molecule has 1 atom stereocenters. The van der Waals surface area contributed by atoms with Crippen molar-refractivity contribution in [3.63, 3.8) is 0 Å². The number of halogens is 2. The number of pyridine rings is 1. The minimum absolute atomic E-state index is 0.0521. The molecular formula is C22H19Cl2N5O4. The van der Waals surface area contributed by atoms with Crippen molar-refractivity contribution in [2.75, 3.05) is 23.7 Å². The maximum absolute atomic E-state index is 12.9. The number of carbonyl (C=O) groups is 2. The molecule has 1 fully saturated rings. The fraction of sp³-hybridized carbons (Fsp3) is 0.136. The molecule has 3 aromatic rings. The lowest BCUT2D eigenvalue weighted by Crippen LogP contribution is -2.48. The molecule has 4 amide bonds. The summed E-state index contributed by atoms with van der Waals surface area (Å²) in [5, 5.41) is 18.4. The number of hydrogen-bond donors (Lipinski definition) is 3. The molecular weight excluding hydrogens is 469 g/mol. The molecule has 0 spiro atoms. The zero-order chi connectivity index (χ0) is 23.5. The highest BCUT2D eigenvalue weighted by molar-refractivity contribution is 6.32. The maximum atomic E-state index is 12.9. The van der Waals surface area contributed by atoms with Gasteiger partial charge in [-0.3, -0.25) is 9.36 Å². The van der Waals surface area contributed by atoms with Crippen molar-refractivity contribution in [1.82, 2.24) is 14.6 Å². The van der Waals surface area contributed by atoms with Crippen LogP contribution in [0.5, 0.6) is 0 Å². The van der Waals surface area contributed by atoms with Crippen molar-refractivity contribution in [1.29, 1.82) is 0 Å². The van der Waals surface area contributed by atoms with Crippen molar-refractivity contribution in [3.05, 3.63) is 87.3 Å². The first-order valence-corrected chi connectivity index (χ1v) is 10.7. The minimum atomic E-state index is -0.900. The molecule has 11 heteroatoms. The number of β-amino-alcohol motifs (C(OH)–C–C–N with tert-alkyl or cyclic N) is 1. The van der Waals surface area contributed by atoms with Gasteiger partial charge >= 0.3 is 12.1 Å². The summed E-state index contributed by atoms with van der Waals surface area (Å²) in [4.78, 5) is 37.6. The van der Waals surface area contributed by atoms with Crippen LogP contribution in [0.25, 0.3) is 5.69 Å². The number of hydrazine groups is 1. The number of aliphatic hydroxyl groups excluding tert-OH is 1. The van der Waals surface area contributed by atoms with Gasteiger partial charge < -0.3 is 15.7 Å². The number of aliphatic hydroxyl groups is 1. The van der Waals surface area contributed by atoms with Gasteiger partial charge in [-0.1, -0.05) is 29.3 Å². The monoisotopic (exact) mass is 487 g/mol. The predicted octanol–water partition coefficient (Wildman–Crippen LogP) is 3.80. The third kappa shape index (κ3) is 5.11. The van der Waals surface area contributed by atoms with Crippen LogP contribution in [0.1, 0.15) is 0 Å². The Labute approximate surface area is 198 Å². The molecule has 9 nitrogen and oxygen atoms in total. The molecule has 0 radical (unpaired) electrons. The number of rotatable bonds is 3. The van der Waals surface area contributed by atoms with Gasteiger partial charge in [-0.15, -0.1) is 0 Å². The van der Waals surface area contributed by atoms with E-state index in [0.717, 1.165) is 10.0 Å². The highest BCUT2D eigenvalue weighted by Gasteiger charge is 2.36. The lowest BCUT2D eigenvalue weighted by atomic mass is 10.2. The summed E-state index contributed by atoms with van der Waals surface area (Å²) >= 11 is 12.2. The number of carbonyl (C=O) groups excluding carboxylic acids is 2. The zero-order valence-corrected chi connectivity index (χ0v) is 18.6. The average Bonchev–Trinajstić information content (AvgIpc) is 3.18. The van der Waals surface area contributed by atoms with E-state index in [0.29, 0.717) is 22.1 Å². The van der Waals surface area contributed by atoms with Crippen LogP contribution in [0, 0.1) is 0 Å². The van der Waals surface area contributed by atoms with Gasteiger partial charge in [-0.05, 0) is 48.5 Å². The Hall–Kier alpha value is -3.53. The van der Waals surface area contributed by atoms with Crippen molar-refractivity contribution in [2.24, 2.45) is 0 Å². The number of anilines is 2. The van der Waals surface area contributed by atoms with Crippen molar-refractivity contribution in [2.45, 2.75) is 6.10 Å². The second-order valence-electron chi connectivity index (χ2n) is 7.26. The number of amides is 4. The molecule has 33 heavy (non-hydrogen) atoms. The Morgan fingerprint density at radius 1 is 0.879 bits per heavy atom. The third-order valence-electron chi connectivity index (χ3n) is 4.90. The summed E-state index contributed by atoms with van der Waals surface area (Å²) in [5.41, 5.74) is 1.06. The topological polar surface area (TPSA) is 107 Å². The summed E-state index contributed by atoms with van der Waals surface area (Å²) in [7, 11) is 0. The van der Waals surface area contributed by atoms with Gasteiger partial charge in [-0.25, -0.2) is 19.6 Å². The number of nitrogens with zero attached hydrogens (tertiary/aromatic N) is 3. The van der Waals surface area contributed by atoms with E-state index in [1.807, 2.05) is 0 Å². The maximum Gasteiger partial charge on any atom is 0.340 e. The molecule has 3 N–H and O–H groups in total. The molecule has 1 aliphatic rings. The lowest BCUT2D eigenvalue weighted by molar-refractivity contribution is 0.103. The van der Waals surface area contributed by atoms with Crippen LogP contribution in [-0.2, 0) is 0 Å². The van der Waals surface area contributed by atoms with E-state index < -0.39 is 18.2 Å². The summed E-state index contributed by atoms with van der Waals surface area (Å²) in [6.07, 6.45) is 0.688. The highest BCUT2D eigenvalue weighted by atomic mass is 35.5. The van der Waals surface area contributed by atoms with E-state index in [1.165, 1.54) is 16.7 Å². The molecule has 2 heterocycles. The molecule has 2 aromatic carbocycles. The molecule has 1 saturated heterocycles. The Bertz CT molecular complexity index is 1250. The fourth-order valence-corrected chi connectivity index (χ4v) is 3.75. The standard InChI is InChI=1S/C22H19Cl2N5O4/c23-14-4-6-15(7-5-14)25-21(32)28-12-17(30)13-29(28)22(33)26-16-8-9-19(18(24)11-16)27-10-2-1-3-20(27)31/h1-11,17,30H,12-13H2,(H,25,32)(H,26,33). The predicted molar refractivity (Wildman–Crippen MR) is 126 cm³/mol. The number of aromatic nitrogens is 1. The van der Waals surface area contributed by atoms with Gasteiger partial charge in [0, 0.05) is 28.7 Å². The molecule has 1 aromatic heterocycles. The van der Waals surface area contributed by atoms with E-state index in [-0.39, 0.29) is 23.7 Å². The number of urea groups is 2. The summed E-state index contributed by atoms with van der Waals surface area (Å²) in [5.74, 6) is 0. The van der Waals surface area contributed by atoms with E-state index in [4.69, 9.17) is 23.2 Å². The Morgan fingerprint density at radius 3 is 2.09 bits per heavy atom. The van der Waals surface area contributed by atoms with Crippen LogP contribution >= 0.6 is 23.2 Å². The molecule has 0 bridgehead atoms. The summed E-state index contributed by atoms with van der Waals surface area (Å²) in [6, 6.07) is 14.7. The molecule has 1 unspecified atom stereocenters. The summed E-state index contributed by atoms with van der Waals surface area (Å²) in [6.45, 7) is -0.117. The van der Waals surface area contributed by atoms with Gasteiger partial charge in [0.2, 0.25) is 0 Å². The Kier molecular flexibility index (Phi) is 6.55. The molecule has 170 valence electrons. The first-order chi connectivity index (χ1) is 15.8. The lowest BCUT2D eigenvalue weighted by Gasteiger charge is -2.27.